The van der Waals surface area contributed by atoms with Crippen molar-refractivity contribution in [1.82, 2.24) is 0 Å². The lowest BCUT2D eigenvalue weighted by Crippen LogP contribution is -2.61. The van der Waals surface area contributed by atoms with Gasteiger partial charge in [0.2, 0.25) is 0 Å². The predicted octanol–water partition coefficient (Wildman–Crippen LogP) is 4.18. The largest absolute Gasteiger partial charge is 0.457 e. The van der Waals surface area contributed by atoms with Gasteiger partial charge in [0, 0.05) is 13.0 Å². The van der Waals surface area contributed by atoms with Crippen molar-refractivity contribution in [2.24, 2.45) is 0 Å². The first-order chi connectivity index (χ1) is 26.6. The Labute approximate surface area is 330 Å². The summed E-state index contributed by atoms with van der Waals surface area (Å²) in [6.07, 6.45) is 10.9. The first kappa shape index (κ1) is 50.1. The fraction of sp³-hybridized carbons (Fsp3) is 0.976. The Bertz CT molecular complexity index is 927. The number of aliphatic hydroxyl groups excluding tert-OH is 7. The van der Waals surface area contributed by atoms with Crippen molar-refractivity contribution < 1.29 is 69.0 Å². The molecule has 0 amide bonds. The summed E-state index contributed by atoms with van der Waals surface area (Å²) in [4.78, 5) is 12.3. The van der Waals surface area contributed by atoms with E-state index in [1.807, 2.05) is 6.92 Å². The maximum Gasteiger partial charge on any atom is 0.306 e. The van der Waals surface area contributed by atoms with Crippen LogP contribution in [-0.2, 0) is 33.2 Å². The van der Waals surface area contributed by atoms with Crippen LogP contribution in [0.5, 0.6) is 0 Å². The molecule has 14 heteroatoms. The summed E-state index contributed by atoms with van der Waals surface area (Å²) in [5, 5.41) is 71.2. The second kappa shape index (κ2) is 31.0. The zero-order chi connectivity index (χ0) is 40.3. The van der Waals surface area contributed by atoms with Crippen molar-refractivity contribution in [1.29, 1.82) is 0 Å². The zero-order valence-electron chi connectivity index (χ0n) is 33.9. The van der Waals surface area contributed by atoms with E-state index in [2.05, 4.69) is 6.92 Å². The lowest BCUT2D eigenvalue weighted by Gasteiger charge is -2.42. The van der Waals surface area contributed by atoms with Gasteiger partial charge in [0.25, 0.3) is 0 Å². The summed E-state index contributed by atoms with van der Waals surface area (Å²) in [6.45, 7) is 3.32. The molecule has 55 heavy (non-hydrogen) atoms. The maximum atomic E-state index is 12.3. The highest BCUT2D eigenvalue weighted by atomic mass is 16.7. The highest BCUT2D eigenvalue weighted by molar-refractivity contribution is 5.69. The number of hydrogen-bond donors (Lipinski definition) is 7. The Morgan fingerprint density at radius 3 is 1.44 bits per heavy atom. The number of hydrogen-bond acceptors (Lipinski definition) is 14. The number of ether oxygens (including phenoxy) is 6. The van der Waals surface area contributed by atoms with Crippen LogP contribution in [0.25, 0.3) is 0 Å². The molecule has 14 nitrogen and oxygen atoms in total. The molecule has 0 aromatic carbocycles. The quantitative estimate of drug-likeness (QED) is 0.0367. The molecule has 2 saturated heterocycles. The highest BCUT2D eigenvalue weighted by Crippen LogP contribution is 2.26. The van der Waals surface area contributed by atoms with E-state index in [4.69, 9.17) is 28.4 Å². The van der Waals surface area contributed by atoms with E-state index in [-0.39, 0.29) is 19.6 Å². The van der Waals surface area contributed by atoms with Gasteiger partial charge in [0.05, 0.1) is 26.4 Å². The van der Waals surface area contributed by atoms with Gasteiger partial charge in [-0.1, -0.05) is 136 Å². The van der Waals surface area contributed by atoms with Crippen LogP contribution in [0.1, 0.15) is 155 Å². The van der Waals surface area contributed by atoms with Gasteiger partial charge < -0.3 is 64.2 Å². The Kier molecular flexibility index (Phi) is 28.2. The van der Waals surface area contributed by atoms with Crippen molar-refractivity contribution in [3.05, 3.63) is 0 Å². The monoisotopic (exact) mass is 795 g/mol. The van der Waals surface area contributed by atoms with E-state index in [1.54, 1.807) is 0 Å². The molecule has 0 aliphatic carbocycles. The van der Waals surface area contributed by atoms with Crippen LogP contribution in [0.4, 0.5) is 0 Å². The SMILES string of the molecule is CCCCCCCCCCCCCCCCCCCCCCOCC(COC1OC(COC2OC(CO)C(O)C(O)C2O)C(O)C(O)C1O)OC(=O)CCC. The third-order valence-corrected chi connectivity index (χ3v) is 10.6. The fourth-order valence-electron chi connectivity index (χ4n) is 7.03. The van der Waals surface area contributed by atoms with E-state index in [0.717, 1.165) is 19.3 Å². The van der Waals surface area contributed by atoms with Gasteiger partial charge in [-0.05, 0) is 12.8 Å². The molecule has 2 aliphatic rings. The second-order valence-corrected chi connectivity index (χ2v) is 15.5. The molecule has 2 aliphatic heterocycles. The van der Waals surface area contributed by atoms with Gasteiger partial charge in [-0.15, -0.1) is 0 Å². The Morgan fingerprint density at radius 2 is 0.964 bits per heavy atom. The van der Waals surface area contributed by atoms with Crippen LogP contribution >= 0.6 is 0 Å². The smallest absolute Gasteiger partial charge is 0.306 e. The van der Waals surface area contributed by atoms with E-state index < -0.39 is 86.7 Å². The zero-order valence-corrected chi connectivity index (χ0v) is 33.9. The highest BCUT2D eigenvalue weighted by Gasteiger charge is 2.47. The van der Waals surface area contributed by atoms with Gasteiger partial charge in [0.1, 0.15) is 54.9 Å². The van der Waals surface area contributed by atoms with E-state index in [9.17, 15) is 40.5 Å². The normalized spacial score (nSPS) is 29.0. The fourth-order valence-corrected chi connectivity index (χ4v) is 7.03. The third-order valence-electron chi connectivity index (χ3n) is 10.6. The first-order valence-electron chi connectivity index (χ1n) is 21.6. The van der Waals surface area contributed by atoms with Gasteiger partial charge in [-0.3, -0.25) is 4.79 Å². The van der Waals surface area contributed by atoms with Crippen LogP contribution < -0.4 is 0 Å². The number of carbonyl (C=O) groups is 1. The minimum atomic E-state index is -1.70. The number of rotatable bonds is 33. The van der Waals surface area contributed by atoms with Crippen LogP contribution in [0.2, 0.25) is 0 Å². The van der Waals surface area contributed by atoms with Crippen molar-refractivity contribution >= 4 is 5.97 Å². The molecule has 2 rings (SSSR count). The lowest BCUT2D eigenvalue weighted by atomic mass is 9.98. The number of carbonyl (C=O) groups excluding carboxylic acids is 1. The molecule has 326 valence electrons. The molecule has 2 fully saturated rings. The van der Waals surface area contributed by atoms with Crippen molar-refractivity contribution in [2.45, 2.75) is 223 Å². The van der Waals surface area contributed by atoms with Crippen LogP contribution in [0.3, 0.4) is 0 Å². The van der Waals surface area contributed by atoms with Gasteiger partial charge in [-0.25, -0.2) is 0 Å². The molecular formula is C41H78O14. The molecule has 0 radical (unpaired) electrons. The molecule has 11 unspecified atom stereocenters. The summed E-state index contributed by atoms with van der Waals surface area (Å²) < 4.78 is 33.6. The molecule has 0 spiro atoms. The second-order valence-electron chi connectivity index (χ2n) is 15.5. The van der Waals surface area contributed by atoms with Crippen LogP contribution in [0.15, 0.2) is 0 Å². The Hall–Kier alpha value is -1.01. The van der Waals surface area contributed by atoms with Crippen molar-refractivity contribution in [3.63, 3.8) is 0 Å². The maximum absolute atomic E-state index is 12.3. The lowest BCUT2D eigenvalue weighted by molar-refractivity contribution is -0.332. The standard InChI is InChI=1S/C41H78O14/c1-3-5-6-7-8-9-10-11-12-13-14-15-16-17-18-19-20-21-22-23-25-50-27-30(53-33(43)24-4-2)28-51-40-39(49)37(47)35(45)32(55-40)29-52-41-38(48)36(46)34(44)31(26-42)54-41/h30-32,34-42,44-49H,3-29H2,1-2H3. The first-order valence-corrected chi connectivity index (χ1v) is 21.6. The van der Waals surface area contributed by atoms with Crippen molar-refractivity contribution in [3.8, 4) is 0 Å². The molecule has 0 bridgehead atoms. The minimum absolute atomic E-state index is 0.0617. The topological polar surface area (TPSA) is 214 Å². The summed E-state index contributed by atoms with van der Waals surface area (Å²) in [5.74, 6) is -0.426. The Morgan fingerprint density at radius 1 is 0.527 bits per heavy atom. The molecule has 2 heterocycles. The van der Waals surface area contributed by atoms with Gasteiger partial charge in [0.15, 0.2) is 12.6 Å². The molecule has 0 aromatic rings. The summed E-state index contributed by atoms with van der Waals surface area (Å²) >= 11 is 0. The number of esters is 1. The molecule has 0 aromatic heterocycles. The molecule has 0 saturated carbocycles. The molecule has 11 atom stereocenters. The average Bonchev–Trinajstić information content (AvgIpc) is 3.17. The van der Waals surface area contributed by atoms with Gasteiger partial charge in [-0.2, -0.15) is 0 Å². The molecule has 7 N–H and O–H groups in total. The third kappa shape index (κ3) is 20.5. The average molecular weight is 795 g/mol. The predicted molar refractivity (Wildman–Crippen MR) is 206 cm³/mol. The van der Waals surface area contributed by atoms with E-state index in [1.165, 1.54) is 109 Å². The van der Waals surface area contributed by atoms with Crippen molar-refractivity contribution in [2.75, 3.05) is 33.0 Å². The van der Waals surface area contributed by atoms with E-state index >= 15 is 0 Å². The minimum Gasteiger partial charge on any atom is -0.457 e. The number of unbranched alkanes of at least 4 members (excludes halogenated alkanes) is 19. The Balaban J connectivity index is 1.60. The summed E-state index contributed by atoms with van der Waals surface area (Å²) in [7, 11) is 0. The summed E-state index contributed by atoms with van der Waals surface area (Å²) in [5.41, 5.74) is 0. The van der Waals surface area contributed by atoms with Crippen LogP contribution in [0, 0.1) is 0 Å². The van der Waals surface area contributed by atoms with Crippen LogP contribution in [-0.4, -0.2) is 142 Å². The summed E-state index contributed by atoms with van der Waals surface area (Å²) in [6, 6.07) is 0. The molecular weight excluding hydrogens is 716 g/mol. The number of aliphatic hydroxyl groups is 7. The van der Waals surface area contributed by atoms with E-state index in [0.29, 0.717) is 13.0 Å². The van der Waals surface area contributed by atoms with Gasteiger partial charge >= 0.3 is 5.97 Å².